The quantitative estimate of drug-likeness (QED) is 0.333. The molecule has 2 aromatic carbocycles. The Balaban J connectivity index is 1.54. The molecule has 1 atom stereocenters. The number of halogens is 2. The van der Waals surface area contributed by atoms with Crippen molar-refractivity contribution in [3.63, 3.8) is 0 Å². The van der Waals surface area contributed by atoms with Crippen molar-refractivity contribution < 1.29 is 14.1 Å². The molecule has 1 spiro atoms. The summed E-state index contributed by atoms with van der Waals surface area (Å²) in [6.45, 7) is 4.18. The molecule has 3 heterocycles. The van der Waals surface area contributed by atoms with Crippen molar-refractivity contribution in [3.05, 3.63) is 63.2 Å². The van der Waals surface area contributed by atoms with Gasteiger partial charge < -0.3 is 10.1 Å². The molecule has 2 aliphatic rings. The van der Waals surface area contributed by atoms with E-state index in [0.717, 1.165) is 13.0 Å². The minimum absolute atomic E-state index is 0.00214. The molecular weight excluding hydrogens is 461 g/mol. The van der Waals surface area contributed by atoms with Gasteiger partial charge in [0.05, 0.1) is 39.9 Å². The Morgan fingerprint density at radius 2 is 2.12 bits per heavy atom. The van der Waals surface area contributed by atoms with Gasteiger partial charge in [-0.25, -0.2) is 14.4 Å². The molecule has 0 bridgehead atoms. The van der Waals surface area contributed by atoms with Gasteiger partial charge in [0.2, 0.25) is 0 Å². The summed E-state index contributed by atoms with van der Waals surface area (Å²) in [7, 11) is 2.06. The van der Waals surface area contributed by atoms with Crippen LogP contribution in [-0.4, -0.2) is 52.1 Å². The smallest absolute Gasteiger partial charge is 0.285 e. The number of rotatable bonds is 3. The fourth-order valence-corrected chi connectivity index (χ4v) is 4.92. The summed E-state index contributed by atoms with van der Waals surface area (Å²) in [5, 5.41) is 15.1. The molecule has 0 amide bonds. The summed E-state index contributed by atoms with van der Waals surface area (Å²) >= 11 is 5.86. The number of nitro groups is 1. The van der Waals surface area contributed by atoms with E-state index in [4.69, 9.17) is 16.3 Å². The van der Waals surface area contributed by atoms with Crippen molar-refractivity contribution in [2.45, 2.75) is 18.9 Å². The van der Waals surface area contributed by atoms with Crippen LogP contribution in [0.4, 0.5) is 21.6 Å². The number of nitrogens with one attached hydrogen (secondary N) is 1. The summed E-state index contributed by atoms with van der Waals surface area (Å²) in [5.41, 5.74) is 0.344. The van der Waals surface area contributed by atoms with Crippen molar-refractivity contribution in [2.75, 3.05) is 32.1 Å². The first kappa shape index (κ1) is 22.5. The van der Waals surface area contributed by atoms with Gasteiger partial charge in [-0.2, -0.15) is 0 Å². The number of anilines is 2. The third kappa shape index (κ3) is 3.84. The second-order valence-corrected chi connectivity index (χ2v) is 9.56. The number of nitrogens with zero attached hydrogens (tertiary/aromatic N) is 4. The second-order valence-electron chi connectivity index (χ2n) is 9.15. The maximum atomic E-state index is 14.4. The standard InChI is InChI=1S/C24H21ClFN5O3/c1-23(10-24(12-34-13-24)30(2)11-23)7-6-15-8-19-16(9-20(15)31(32)33)22(28-14-27-19)29-18-5-3-4-17(25)21(18)26/h3-5,8-9,14H,10-13H2,1-2H3,(H,27,28,29). The van der Waals surface area contributed by atoms with E-state index in [1.165, 1.54) is 24.5 Å². The van der Waals surface area contributed by atoms with Gasteiger partial charge in [-0.05, 0) is 38.6 Å². The molecule has 174 valence electrons. The topological polar surface area (TPSA) is 93.4 Å². The van der Waals surface area contributed by atoms with E-state index in [-0.39, 0.29) is 38.7 Å². The maximum absolute atomic E-state index is 14.4. The van der Waals surface area contributed by atoms with Gasteiger partial charge in [-0.1, -0.05) is 29.5 Å². The zero-order valence-electron chi connectivity index (χ0n) is 18.6. The Labute approximate surface area is 200 Å². The van der Waals surface area contributed by atoms with Gasteiger partial charge in [0.25, 0.3) is 5.69 Å². The number of nitro benzene ring substituents is 1. The molecule has 5 rings (SSSR count). The van der Waals surface area contributed by atoms with Crippen LogP contribution in [0.3, 0.4) is 0 Å². The lowest BCUT2D eigenvalue weighted by Gasteiger charge is -2.43. The monoisotopic (exact) mass is 481 g/mol. The molecule has 0 aliphatic carbocycles. The summed E-state index contributed by atoms with van der Waals surface area (Å²) in [6, 6.07) is 7.47. The largest absolute Gasteiger partial charge is 0.377 e. The first-order chi connectivity index (χ1) is 16.2. The normalized spacial score (nSPS) is 21.2. The van der Waals surface area contributed by atoms with Crippen molar-refractivity contribution in [3.8, 4) is 11.8 Å². The number of hydrogen-bond acceptors (Lipinski definition) is 7. The minimum atomic E-state index is -0.641. The number of hydrogen-bond donors (Lipinski definition) is 1. The van der Waals surface area contributed by atoms with Gasteiger partial charge >= 0.3 is 0 Å². The fraction of sp³-hybridized carbons (Fsp3) is 0.333. The highest BCUT2D eigenvalue weighted by molar-refractivity contribution is 6.31. The van der Waals surface area contributed by atoms with Gasteiger partial charge in [0.1, 0.15) is 17.7 Å². The lowest BCUT2D eigenvalue weighted by Crippen LogP contribution is -2.57. The molecule has 2 saturated heterocycles. The summed E-state index contributed by atoms with van der Waals surface area (Å²) in [6.07, 6.45) is 2.15. The van der Waals surface area contributed by atoms with Crippen molar-refractivity contribution in [2.24, 2.45) is 5.41 Å². The van der Waals surface area contributed by atoms with Crippen LogP contribution in [0.25, 0.3) is 10.9 Å². The van der Waals surface area contributed by atoms with Gasteiger partial charge in [0.15, 0.2) is 5.82 Å². The van der Waals surface area contributed by atoms with E-state index in [2.05, 4.69) is 46.0 Å². The molecule has 8 nitrogen and oxygen atoms in total. The first-order valence-electron chi connectivity index (χ1n) is 10.7. The Kier molecular flexibility index (Phi) is 5.40. The summed E-state index contributed by atoms with van der Waals surface area (Å²) in [5.74, 6) is 5.91. The van der Waals surface area contributed by atoms with E-state index < -0.39 is 10.7 Å². The predicted octanol–water partition coefficient (Wildman–Crippen LogP) is 4.54. The second kappa shape index (κ2) is 8.17. The maximum Gasteiger partial charge on any atom is 0.285 e. The van der Waals surface area contributed by atoms with Gasteiger partial charge in [-0.3, -0.25) is 15.0 Å². The number of likely N-dealkylation sites (N-methyl/N-ethyl adjacent to an activating group) is 1. The Morgan fingerprint density at radius 3 is 2.79 bits per heavy atom. The number of likely N-dealkylation sites (tertiary alicyclic amines) is 1. The van der Waals surface area contributed by atoms with Crippen molar-refractivity contribution in [1.29, 1.82) is 0 Å². The zero-order chi connectivity index (χ0) is 24.1. The van der Waals surface area contributed by atoms with Crippen LogP contribution in [0.2, 0.25) is 5.02 Å². The third-order valence-corrected chi connectivity index (χ3v) is 6.80. The van der Waals surface area contributed by atoms with Crippen LogP contribution in [0.15, 0.2) is 36.7 Å². The van der Waals surface area contributed by atoms with Crippen LogP contribution < -0.4 is 5.32 Å². The Bertz CT molecular complexity index is 1380. The van der Waals surface area contributed by atoms with Crippen molar-refractivity contribution in [1.82, 2.24) is 14.9 Å². The van der Waals surface area contributed by atoms with E-state index in [1.54, 1.807) is 12.1 Å². The molecule has 3 aromatic rings. The highest BCUT2D eigenvalue weighted by Crippen LogP contribution is 2.44. The lowest BCUT2D eigenvalue weighted by atomic mass is 9.81. The predicted molar refractivity (Wildman–Crippen MR) is 127 cm³/mol. The molecule has 1 aromatic heterocycles. The summed E-state index contributed by atoms with van der Waals surface area (Å²) in [4.78, 5) is 22.1. The molecule has 2 aliphatic heterocycles. The number of fused-ring (bicyclic) bond motifs is 1. The van der Waals surface area contributed by atoms with E-state index >= 15 is 0 Å². The van der Waals surface area contributed by atoms with Crippen molar-refractivity contribution >= 4 is 39.7 Å². The van der Waals surface area contributed by atoms with Crippen LogP contribution in [0.1, 0.15) is 18.9 Å². The van der Waals surface area contributed by atoms with Crippen LogP contribution in [0.5, 0.6) is 0 Å². The molecule has 1 unspecified atom stereocenters. The number of aromatic nitrogens is 2. The average Bonchev–Trinajstić information content (AvgIpc) is 3.06. The molecular formula is C24H21ClFN5O3. The van der Waals surface area contributed by atoms with Crippen LogP contribution in [-0.2, 0) is 4.74 Å². The Morgan fingerprint density at radius 1 is 1.32 bits per heavy atom. The van der Waals surface area contributed by atoms with Crippen LogP contribution in [0, 0.1) is 33.2 Å². The molecule has 0 saturated carbocycles. The van der Waals surface area contributed by atoms with E-state index in [1.807, 2.05) is 0 Å². The Hall–Kier alpha value is -3.32. The minimum Gasteiger partial charge on any atom is -0.377 e. The van der Waals surface area contributed by atoms with E-state index in [0.29, 0.717) is 24.1 Å². The van der Waals surface area contributed by atoms with Crippen LogP contribution >= 0.6 is 11.6 Å². The fourth-order valence-electron chi connectivity index (χ4n) is 4.74. The first-order valence-corrected chi connectivity index (χ1v) is 11.0. The summed E-state index contributed by atoms with van der Waals surface area (Å²) < 4.78 is 19.8. The molecule has 34 heavy (non-hydrogen) atoms. The molecule has 2 fully saturated rings. The molecule has 0 radical (unpaired) electrons. The highest BCUT2D eigenvalue weighted by Gasteiger charge is 2.53. The third-order valence-electron chi connectivity index (χ3n) is 6.51. The average molecular weight is 482 g/mol. The van der Waals surface area contributed by atoms with Gasteiger partial charge in [0, 0.05) is 23.4 Å². The van der Waals surface area contributed by atoms with E-state index in [9.17, 15) is 14.5 Å². The SMILES string of the molecule is CN1CC(C)(C#Cc2cc3ncnc(Nc4cccc(Cl)c4F)c3cc2[N+](=O)[O-])CC12COC2. The highest BCUT2D eigenvalue weighted by atomic mass is 35.5. The number of benzene rings is 2. The lowest BCUT2D eigenvalue weighted by molar-refractivity contribution is -0.385. The molecule has 1 N–H and O–H groups in total. The molecule has 10 heteroatoms. The number of ether oxygens (including phenoxy) is 1. The van der Waals surface area contributed by atoms with Gasteiger partial charge in [-0.15, -0.1) is 0 Å². The zero-order valence-corrected chi connectivity index (χ0v) is 19.3.